The summed E-state index contributed by atoms with van der Waals surface area (Å²) in [4.78, 5) is 10.7. The normalized spacial score (nSPS) is 10.2. The number of nitrogens with zero attached hydrogens (tertiary/aromatic N) is 1. The molecule has 1 aromatic rings. The summed E-state index contributed by atoms with van der Waals surface area (Å²) in [5, 5.41) is 8.98. The molecule has 0 atom stereocenters. The molecule has 1 rings (SSSR count). The molecule has 0 aliphatic heterocycles. The fourth-order valence-corrected chi connectivity index (χ4v) is 0.863. The van der Waals surface area contributed by atoms with Crippen LogP contribution in [0.2, 0.25) is 0 Å². The van der Waals surface area contributed by atoms with E-state index in [0.29, 0.717) is 6.54 Å². The quantitative estimate of drug-likeness (QED) is 0.588. The van der Waals surface area contributed by atoms with Crippen LogP contribution in [0.15, 0.2) is 14.3 Å². The van der Waals surface area contributed by atoms with Crippen molar-refractivity contribution in [3.63, 3.8) is 0 Å². The Bertz CT molecular complexity index is 288. The Labute approximate surface area is 62.5 Å². The lowest BCUT2D eigenvalue weighted by Crippen LogP contribution is -2.11. The van der Waals surface area contributed by atoms with Crippen LogP contribution in [0.4, 0.5) is 0 Å². The first-order valence-electron chi connectivity index (χ1n) is 2.78. The highest BCUT2D eigenvalue weighted by atomic mass is 32.1. The lowest BCUT2D eigenvalue weighted by Gasteiger charge is -1.92. The van der Waals surface area contributed by atoms with Crippen molar-refractivity contribution in [3.05, 3.63) is 10.6 Å². The lowest BCUT2D eigenvalue weighted by molar-refractivity contribution is 0.389. The molecule has 56 valence electrons. The molecule has 1 N–H and O–H groups in total. The lowest BCUT2D eigenvalue weighted by atomic mass is 10.7. The van der Waals surface area contributed by atoms with E-state index < -0.39 is 5.76 Å². The van der Waals surface area contributed by atoms with Crippen LogP contribution in [0.1, 0.15) is 6.92 Å². The van der Waals surface area contributed by atoms with Crippen LogP contribution in [-0.4, -0.2) is 9.67 Å². The molecule has 0 bridgehead atoms. The van der Waals surface area contributed by atoms with E-state index >= 15 is 0 Å². The molecule has 0 amide bonds. The van der Waals surface area contributed by atoms with Gasteiger partial charge in [0.1, 0.15) is 0 Å². The maximum atomic E-state index is 10.7. The van der Waals surface area contributed by atoms with Gasteiger partial charge in [0.2, 0.25) is 11.0 Å². The van der Waals surface area contributed by atoms with E-state index in [1.165, 1.54) is 0 Å². The van der Waals surface area contributed by atoms with Crippen molar-refractivity contribution in [1.29, 1.82) is 0 Å². The maximum absolute atomic E-state index is 10.7. The monoisotopic (exact) mass is 161 g/mol. The van der Waals surface area contributed by atoms with Gasteiger partial charge in [-0.1, -0.05) is 12.6 Å². The zero-order valence-corrected chi connectivity index (χ0v) is 6.26. The zero-order valence-electron chi connectivity index (χ0n) is 5.37. The highest BCUT2D eigenvalue weighted by molar-refractivity contribution is 7.80. The Hall–Kier alpha value is -0.840. The molecular formula is C5H7NO3S. The zero-order chi connectivity index (χ0) is 7.72. The van der Waals surface area contributed by atoms with Gasteiger partial charge in [-0.3, -0.25) is 0 Å². The summed E-state index contributed by atoms with van der Waals surface area (Å²) >= 11 is 3.70. The Morgan fingerprint density at radius 1 is 1.80 bits per heavy atom. The average molecular weight is 161 g/mol. The van der Waals surface area contributed by atoms with E-state index in [2.05, 4.69) is 17.0 Å². The van der Waals surface area contributed by atoms with Crippen molar-refractivity contribution in [2.45, 2.75) is 18.6 Å². The molecule has 0 fully saturated rings. The Kier molecular flexibility index (Phi) is 1.76. The van der Waals surface area contributed by atoms with Crippen LogP contribution < -0.4 is 5.76 Å². The van der Waals surface area contributed by atoms with E-state index in [-0.39, 0.29) is 11.0 Å². The summed E-state index contributed by atoms with van der Waals surface area (Å²) < 4.78 is 5.54. The van der Waals surface area contributed by atoms with Crippen molar-refractivity contribution >= 4 is 12.6 Å². The first kappa shape index (κ1) is 7.27. The molecule has 4 nitrogen and oxygen atoms in total. The Morgan fingerprint density at radius 2 is 2.40 bits per heavy atom. The fourth-order valence-electron chi connectivity index (χ4n) is 0.664. The maximum Gasteiger partial charge on any atom is 0.422 e. The SMILES string of the molecule is CCn1c(O)c(S)oc1=O. The second-order valence-corrected chi connectivity index (χ2v) is 2.15. The van der Waals surface area contributed by atoms with Crippen molar-refractivity contribution in [2.75, 3.05) is 0 Å². The molecule has 0 unspecified atom stereocenters. The smallest absolute Gasteiger partial charge is 0.422 e. The van der Waals surface area contributed by atoms with Crippen molar-refractivity contribution in [2.24, 2.45) is 0 Å². The molecule has 0 saturated carbocycles. The summed E-state index contributed by atoms with van der Waals surface area (Å²) in [5.41, 5.74) is 0. The molecule has 0 saturated heterocycles. The molecule has 0 aliphatic carbocycles. The van der Waals surface area contributed by atoms with Crippen LogP contribution >= 0.6 is 12.6 Å². The van der Waals surface area contributed by atoms with Gasteiger partial charge in [0.25, 0.3) is 0 Å². The first-order valence-corrected chi connectivity index (χ1v) is 3.23. The minimum absolute atomic E-state index is 0.0353. The third kappa shape index (κ3) is 0.923. The van der Waals surface area contributed by atoms with E-state index in [1.54, 1.807) is 6.92 Å². The van der Waals surface area contributed by atoms with Crippen molar-refractivity contribution < 1.29 is 9.52 Å². The van der Waals surface area contributed by atoms with Gasteiger partial charge in [0, 0.05) is 6.54 Å². The first-order chi connectivity index (χ1) is 4.66. The molecule has 5 heteroatoms. The molecule has 10 heavy (non-hydrogen) atoms. The number of hydrogen-bond donors (Lipinski definition) is 2. The Balaban J connectivity index is 3.34. The highest BCUT2D eigenvalue weighted by Gasteiger charge is 2.09. The molecule has 0 aliphatic rings. The van der Waals surface area contributed by atoms with Gasteiger partial charge in [0.15, 0.2) is 0 Å². The highest BCUT2D eigenvalue weighted by Crippen LogP contribution is 2.17. The van der Waals surface area contributed by atoms with Crippen molar-refractivity contribution in [1.82, 2.24) is 4.57 Å². The summed E-state index contributed by atoms with van der Waals surface area (Å²) in [6.45, 7) is 2.11. The van der Waals surface area contributed by atoms with Gasteiger partial charge in [-0.15, -0.1) is 0 Å². The van der Waals surface area contributed by atoms with Crippen LogP contribution in [0.5, 0.6) is 5.88 Å². The van der Waals surface area contributed by atoms with Crippen molar-refractivity contribution in [3.8, 4) is 5.88 Å². The van der Waals surface area contributed by atoms with Gasteiger partial charge >= 0.3 is 5.76 Å². The average Bonchev–Trinajstić information content (AvgIpc) is 2.09. The molecule has 0 spiro atoms. The summed E-state index contributed by atoms with van der Waals surface area (Å²) in [5.74, 6) is -0.791. The van der Waals surface area contributed by atoms with Gasteiger partial charge in [-0.25, -0.2) is 9.36 Å². The molecular weight excluding hydrogens is 154 g/mol. The van der Waals surface area contributed by atoms with Gasteiger partial charge in [-0.2, -0.15) is 0 Å². The van der Waals surface area contributed by atoms with Gasteiger partial charge in [-0.05, 0) is 6.92 Å². The topological polar surface area (TPSA) is 55.4 Å². The van der Waals surface area contributed by atoms with Crippen LogP contribution in [0.25, 0.3) is 0 Å². The van der Waals surface area contributed by atoms with Gasteiger partial charge in [0.05, 0.1) is 0 Å². The van der Waals surface area contributed by atoms with E-state index in [9.17, 15) is 4.79 Å². The molecule has 1 heterocycles. The van der Waals surface area contributed by atoms with Gasteiger partial charge < -0.3 is 9.52 Å². The van der Waals surface area contributed by atoms with E-state index in [0.717, 1.165) is 4.57 Å². The number of thiol groups is 1. The number of aromatic hydroxyl groups is 1. The molecule has 1 aromatic heterocycles. The predicted molar refractivity (Wildman–Crippen MR) is 37.6 cm³/mol. The number of hydrogen-bond acceptors (Lipinski definition) is 4. The summed E-state index contributed by atoms with van der Waals surface area (Å²) in [6.07, 6.45) is 0. The van der Waals surface area contributed by atoms with E-state index in [4.69, 9.17) is 5.11 Å². The van der Waals surface area contributed by atoms with E-state index in [1.807, 2.05) is 0 Å². The molecule has 0 radical (unpaired) electrons. The predicted octanol–water partition coefficient (Wildman–Crippen LogP) is 0.455. The van der Waals surface area contributed by atoms with Crippen LogP contribution in [0.3, 0.4) is 0 Å². The molecule has 0 aromatic carbocycles. The summed E-state index contributed by atoms with van der Waals surface area (Å²) in [6, 6.07) is 0. The minimum atomic E-state index is -0.579. The summed E-state index contributed by atoms with van der Waals surface area (Å²) in [7, 11) is 0. The third-order valence-corrected chi connectivity index (χ3v) is 1.46. The number of aromatic nitrogens is 1. The third-order valence-electron chi connectivity index (χ3n) is 1.17. The number of rotatable bonds is 1. The minimum Gasteiger partial charge on any atom is -0.491 e. The van der Waals surface area contributed by atoms with Crippen LogP contribution in [0, 0.1) is 0 Å². The standard InChI is InChI=1S/C5H7NO3S/c1-2-6-3(7)4(10)9-5(6)8/h7,10H,2H2,1H3. The van der Waals surface area contributed by atoms with Crippen LogP contribution in [-0.2, 0) is 6.54 Å². The second kappa shape index (κ2) is 2.42. The second-order valence-electron chi connectivity index (χ2n) is 1.74. The largest absolute Gasteiger partial charge is 0.491 e. The fraction of sp³-hybridized carbons (Fsp3) is 0.400. The Morgan fingerprint density at radius 3 is 2.60 bits per heavy atom. The number of oxazole rings is 1.